The summed E-state index contributed by atoms with van der Waals surface area (Å²) in [7, 11) is 4.42. The first-order valence-corrected chi connectivity index (χ1v) is 2.88. The van der Waals surface area contributed by atoms with Crippen LogP contribution < -0.4 is 9.38 Å². The Morgan fingerprint density at radius 2 is 1.80 bits per heavy atom. The van der Waals surface area contributed by atoms with Crippen LogP contribution in [0.4, 0.5) is 5.69 Å². The number of aromatic nitrogens is 1. The van der Waals surface area contributed by atoms with Gasteiger partial charge in [-0.3, -0.25) is 0 Å². The average molecular weight is 136 g/mol. The van der Waals surface area contributed by atoms with Crippen LogP contribution in [0.3, 0.4) is 0 Å². The molecule has 0 aromatic carbocycles. The van der Waals surface area contributed by atoms with Crippen molar-refractivity contribution < 1.29 is 4.48 Å². The summed E-state index contributed by atoms with van der Waals surface area (Å²) in [6.07, 6.45) is 4.30. The third-order valence-electron chi connectivity index (χ3n) is 1.18. The summed E-state index contributed by atoms with van der Waals surface area (Å²) >= 11 is 0. The largest absolute Gasteiger partial charge is 0.435 e. The van der Waals surface area contributed by atoms with Crippen molar-refractivity contribution in [3.05, 3.63) is 24.5 Å². The molecular weight excluding hydrogens is 123 g/mol. The molecule has 0 bridgehead atoms. The molecule has 1 heterocycles. The molecule has 0 aliphatic carbocycles. The summed E-state index contributed by atoms with van der Waals surface area (Å²) in [6, 6.07) is 4.29. The smallest absolute Gasteiger partial charge is 0.239 e. The molecule has 0 saturated heterocycles. The molecule has 0 N–H and O–H groups in total. The minimum absolute atomic E-state index is 0.308. The van der Waals surface area contributed by atoms with E-state index < -0.39 is 0 Å². The lowest BCUT2D eigenvalue weighted by Gasteiger charge is -2.10. The van der Waals surface area contributed by atoms with Crippen molar-refractivity contribution in [3.63, 3.8) is 0 Å². The van der Waals surface area contributed by atoms with Gasteiger partial charge in [0.1, 0.15) is 12.4 Å². The van der Waals surface area contributed by atoms with Gasteiger partial charge in [-0.1, -0.05) is 0 Å². The number of pyridine rings is 1. The monoisotopic (exact) mass is 136 g/mol. The van der Waals surface area contributed by atoms with E-state index in [1.54, 1.807) is 0 Å². The molecule has 1 aromatic heterocycles. The maximum absolute atomic E-state index is 2.27. The Kier molecular flexibility index (Phi) is 1.95. The van der Waals surface area contributed by atoms with E-state index in [-0.39, 0.29) is 0 Å². The second-order valence-corrected chi connectivity index (χ2v) is 2.10. The maximum Gasteiger partial charge on any atom is 0.239 e. The second-order valence-electron chi connectivity index (χ2n) is 2.10. The maximum atomic E-state index is 2.27. The van der Waals surface area contributed by atoms with E-state index in [1.165, 1.54) is 5.69 Å². The van der Waals surface area contributed by atoms with Gasteiger partial charge < -0.3 is 9.38 Å². The zero-order chi connectivity index (χ0) is 7.56. The fraction of sp³-hybridized carbons (Fsp3) is 0.286. The zero-order valence-corrected chi connectivity index (χ0v) is 5.70. The number of rotatable bonds is 1. The third-order valence-corrected chi connectivity index (χ3v) is 1.18. The van der Waals surface area contributed by atoms with Crippen molar-refractivity contribution in [1.82, 2.24) is 0 Å². The highest BCUT2D eigenvalue weighted by Crippen LogP contribution is 2.04. The zero-order valence-electron chi connectivity index (χ0n) is 5.70. The van der Waals surface area contributed by atoms with E-state index in [0.717, 1.165) is 0 Å². The predicted molar refractivity (Wildman–Crippen MR) is 46.3 cm³/mol. The van der Waals surface area contributed by atoms with E-state index in [0.29, 0.717) is 7.98 Å². The minimum Gasteiger partial charge on any atom is -0.435 e. The topological polar surface area (TPSA) is 7.12 Å². The minimum atomic E-state index is 0.308. The first-order chi connectivity index (χ1) is 4.70. The molecule has 0 radical (unpaired) electrons. The highest BCUT2D eigenvalue weighted by Gasteiger charge is 1.92. The number of hydrogen-bond donors (Lipinski definition) is 0. The van der Waals surface area contributed by atoms with Gasteiger partial charge in [0.15, 0.2) is 0 Å². The molecule has 0 aliphatic heterocycles. The van der Waals surface area contributed by atoms with Gasteiger partial charge in [-0.05, 0) is 0 Å². The highest BCUT2D eigenvalue weighted by atomic mass is 15.1. The van der Waals surface area contributed by atoms with Gasteiger partial charge in [0.05, 0.1) is 0 Å². The van der Waals surface area contributed by atoms with Crippen LogP contribution in [0.1, 0.15) is 0 Å². The Balaban J connectivity index is 2.89. The fourth-order valence-corrected chi connectivity index (χ4v) is 0.642. The van der Waals surface area contributed by atoms with Crippen LogP contribution in [0.5, 0.6) is 0 Å². The van der Waals surface area contributed by atoms with Crippen LogP contribution in [0.25, 0.3) is 0 Å². The summed E-state index contributed by atoms with van der Waals surface area (Å²) < 4.78 is 2.27. The van der Waals surface area contributed by atoms with Crippen molar-refractivity contribution in [1.29, 1.82) is 0 Å². The van der Waals surface area contributed by atoms with Gasteiger partial charge in [-0.15, -0.1) is 0 Å². The van der Waals surface area contributed by atoms with Crippen LogP contribution in [-0.2, 0) is 0 Å². The third kappa shape index (κ3) is 1.50. The first kappa shape index (κ1) is 7.13. The van der Waals surface area contributed by atoms with E-state index in [4.69, 9.17) is 0 Å². The van der Waals surface area contributed by atoms with Crippen LogP contribution in [0.2, 0.25) is 0 Å². The van der Waals surface area contributed by atoms with E-state index in [2.05, 4.69) is 48.0 Å². The molecular formula is C7H13BN2. The molecule has 54 valence electrons. The van der Waals surface area contributed by atoms with Crippen molar-refractivity contribution in [2.45, 2.75) is 0 Å². The Bertz CT molecular complexity index is 205. The molecule has 0 aliphatic rings. The van der Waals surface area contributed by atoms with Crippen molar-refractivity contribution >= 4 is 13.7 Å². The van der Waals surface area contributed by atoms with E-state index >= 15 is 0 Å². The lowest BCUT2D eigenvalue weighted by molar-refractivity contribution is -0.521. The molecule has 0 amide bonds. The Morgan fingerprint density at radius 1 is 1.30 bits per heavy atom. The SMILES string of the molecule is [BH3-][n+]1ccc(N(C)C)cc1. The molecule has 0 spiro atoms. The summed E-state index contributed by atoms with van der Waals surface area (Å²) in [5, 5.41) is 0. The standard InChI is InChI=1S/C7H13BN2/c1-9(2)7-3-5-10(8)6-4-7/h3-6H,1-2,8H3. The molecule has 0 saturated carbocycles. The molecule has 2 nitrogen and oxygen atoms in total. The summed E-state index contributed by atoms with van der Waals surface area (Å²) in [6.45, 7) is 0. The van der Waals surface area contributed by atoms with Crippen LogP contribution in [-0.4, -0.2) is 22.1 Å². The van der Waals surface area contributed by atoms with E-state index in [1.807, 2.05) is 0 Å². The molecule has 0 unspecified atom stereocenters. The highest BCUT2D eigenvalue weighted by molar-refractivity contribution is 5.94. The van der Waals surface area contributed by atoms with Gasteiger partial charge >= 0.3 is 0 Å². The van der Waals surface area contributed by atoms with Gasteiger partial charge in [0.2, 0.25) is 7.98 Å². The Labute approximate surface area is 62.5 Å². The molecule has 1 aromatic rings. The van der Waals surface area contributed by atoms with Gasteiger partial charge in [-0.25, -0.2) is 0 Å². The average Bonchev–Trinajstić information content (AvgIpc) is 1.88. The summed E-state index contributed by atoms with van der Waals surface area (Å²) in [4.78, 5) is 2.11. The van der Waals surface area contributed by atoms with Gasteiger partial charge in [0, 0.05) is 31.9 Å². The Morgan fingerprint density at radius 3 is 2.20 bits per heavy atom. The number of nitrogens with zero attached hydrogens (tertiary/aromatic N) is 2. The normalized spacial score (nSPS) is 9.50. The van der Waals surface area contributed by atoms with Gasteiger partial charge in [0.25, 0.3) is 0 Å². The quantitative estimate of drug-likeness (QED) is 0.457. The molecule has 0 atom stereocenters. The number of anilines is 1. The van der Waals surface area contributed by atoms with Crippen molar-refractivity contribution in [2.24, 2.45) is 0 Å². The number of hydrogen-bond acceptors (Lipinski definition) is 1. The van der Waals surface area contributed by atoms with Crippen LogP contribution in [0, 0.1) is 0 Å². The lowest BCUT2D eigenvalue weighted by Crippen LogP contribution is -2.29. The molecule has 10 heavy (non-hydrogen) atoms. The summed E-state index contributed by atoms with van der Waals surface area (Å²) in [5.41, 5.74) is 1.27. The van der Waals surface area contributed by atoms with Crippen LogP contribution in [0.15, 0.2) is 24.5 Å². The first-order valence-electron chi connectivity index (χ1n) is 2.88. The lowest BCUT2D eigenvalue weighted by atomic mass is 10.3. The van der Waals surface area contributed by atoms with E-state index in [9.17, 15) is 0 Å². The molecule has 1 rings (SSSR count). The molecule has 3 heteroatoms. The second kappa shape index (κ2) is 2.73. The Hall–Kier alpha value is -0.985. The predicted octanol–water partition coefficient (Wildman–Crippen LogP) is -0.831. The van der Waals surface area contributed by atoms with Gasteiger partial charge in [-0.2, -0.15) is 0 Å². The summed E-state index contributed by atoms with van der Waals surface area (Å²) in [5.74, 6) is 0. The van der Waals surface area contributed by atoms with Crippen LogP contribution >= 0.6 is 0 Å². The van der Waals surface area contributed by atoms with Crippen molar-refractivity contribution in [2.75, 3.05) is 19.0 Å². The fourth-order valence-electron chi connectivity index (χ4n) is 0.642. The molecule has 0 fully saturated rings. The van der Waals surface area contributed by atoms with Crippen molar-refractivity contribution in [3.8, 4) is 0 Å².